The van der Waals surface area contributed by atoms with Crippen molar-refractivity contribution in [3.8, 4) is 0 Å². The third kappa shape index (κ3) is 2.31. The summed E-state index contributed by atoms with van der Waals surface area (Å²) in [4.78, 5) is 11.7. The summed E-state index contributed by atoms with van der Waals surface area (Å²) in [7, 11) is 0. The average molecular weight is 282 g/mol. The van der Waals surface area contributed by atoms with E-state index in [1.54, 1.807) is 0 Å². The lowest BCUT2D eigenvalue weighted by Crippen LogP contribution is -2.19. The number of rotatable bonds is 3. The van der Waals surface area contributed by atoms with E-state index < -0.39 is 0 Å². The molecule has 0 saturated carbocycles. The van der Waals surface area contributed by atoms with Crippen molar-refractivity contribution in [3.63, 3.8) is 0 Å². The Morgan fingerprint density at radius 1 is 1.38 bits per heavy atom. The number of hydrazone groups is 1. The van der Waals surface area contributed by atoms with Crippen molar-refractivity contribution in [1.82, 2.24) is 0 Å². The Hall–Kier alpha value is -1.20. The molecule has 16 heavy (non-hydrogen) atoms. The van der Waals surface area contributed by atoms with Gasteiger partial charge in [-0.15, -0.1) is 0 Å². The number of benzene rings is 1. The predicted molar refractivity (Wildman–Crippen MR) is 67.4 cm³/mol. The van der Waals surface area contributed by atoms with E-state index in [1.165, 1.54) is 5.01 Å². The molecule has 1 aromatic carbocycles. The van der Waals surface area contributed by atoms with Gasteiger partial charge in [-0.1, -0.05) is 15.9 Å². The van der Waals surface area contributed by atoms with Gasteiger partial charge < -0.3 is 5.73 Å². The molecule has 0 bridgehead atoms. The number of carbonyl (C=O) groups is 1. The maximum absolute atomic E-state index is 11.7. The fourth-order valence-electron chi connectivity index (χ4n) is 1.57. The van der Waals surface area contributed by atoms with Crippen molar-refractivity contribution in [2.75, 3.05) is 11.6 Å². The van der Waals surface area contributed by atoms with Crippen molar-refractivity contribution >= 4 is 33.2 Å². The number of halogens is 1. The molecule has 0 saturated heterocycles. The molecule has 1 amide bonds. The van der Waals surface area contributed by atoms with E-state index >= 15 is 0 Å². The van der Waals surface area contributed by atoms with Crippen LogP contribution in [0.4, 0.5) is 5.69 Å². The van der Waals surface area contributed by atoms with Crippen molar-refractivity contribution in [2.45, 2.75) is 12.8 Å². The van der Waals surface area contributed by atoms with Gasteiger partial charge in [0.2, 0.25) is 0 Å². The zero-order chi connectivity index (χ0) is 11.5. The second kappa shape index (κ2) is 4.76. The van der Waals surface area contributed by atoms with Crippen LogP contribution in [0, 0.1) is 0 Å². The SMILES string of the molecule is NCCC1=NN(c2ccc(Br)cc2)C(=O)C1. The molecule has 0 radical (unpaired) electrons. The van der Waals surface area contributed by atoms with Gasteiger partial charge in [0.1, 0.15) is 0 Å². The summed E-state index contributed by atoms with van der Waals surface area (Å²) in [6, 6.07) is 7.49. The Labute approximate surface area is 102 Å². The van der Waals surface area contributed by atoms with Crippen molar-refractivity contribution in [1.29, 1.82) is 0 Å². The molecule has 2 N–H and O–H groups in total. The highest BCUT2D eigenvalue weighted by Crippen LogP contribution is 2.23. The number of carbonyl (C=O) groups excluding carboxylic acids is 1. The topological polar surface area (TPSA) is 58.7 Å². The van der Waals surface area contributed by atoms with E-state index in [0.29, 0.717) is 19.4 Å². The molecule has 0 spiro atoms. The normalized spacial score (nSPS) is 15.5. The minimum atomic E-state index is 0.00534. The van der Waals surface area contributed by atoms with Gasteiger partial charge in [0, 0.05) is 16.6 Å². The highest BCUT2D eigenvalue weighted by atomic mass is 79.9. The fourth-order valence-corrected chi connectivity index (χ4v) is 1.84. The molecule has 1 aromatic rings. The van der Waals surface area contributed by atoms with Gasteiger partial charge in [0.15, 0.2) is 0 Å². The van der Waals surface area contributed by atoms with Crippen LogP contribution in [-0.2, 0) is 4.79 Å². The van der Waals surface area contributed by atoms with Crippen LogP contribution in [-0.4, -0.2) is 18.2 Å². The summed E-state index contributed by atoms with van der Waals surface area (Å²) in [5.41, 5.74) is 7.09. The second-order valence-electron chi connectivity index (χ2n) is 3.56. The molecule has 0 unspecified atom stereocenters. The highest BCUT2D eigenvalue weighted by Gasteiger charge is 2.24. The van der Waals surface area contributed by atoms with Crippen molar-refractivity contribution in [3.05, 3.63) is 28.7 Å². The van der Waals surface area contributed by atoms with Gasteiger partial charge in [-0.05, 0) is 30.8 Å². The van der Waals surface area contributed by atoms with Gasteiger partial charge in [-0.25, -0.2) is 5.01 Å². The van der Waals surface area contributed by atoms with Crippen LogP contribution in [0.25, 0.3) is 0 Å². The lowest BCUT2D eigenvalue weighted by atomic mass is 10.2. The molecular weight excluding hydrogens is 270 g/mol. The summed E-state index contributed by atoms with van der Waals surface area (Å²) in [6.07, 6.45) is 1.06. The van der Waals surface area contributed by atoms with Crippen LogP contribution in [0.5, 0.6) is 0 Å². The van der Waals surface area contributed by atoms with E-state index in [9.17, 15) is 4.79 Å². The maximum atomic E-state index is 11.7. The van der Waals surface area contributed by atoms with Gasteiger partial charge >= 0.3 is 0 Å². The number of amides is 1. The van der Waals surface area contributed by atoms with Crippen LogP contribution < -0.4 is 10.7 Å². The van der Waals surface area contributed by atoms with Crippen LogP contribution in [0.15, 0.2) is 33.8 Å². The van der Waals surface area contributed by atoms with E-state index in [4.69, 9.17) is 5.73 Å². The molecule has 0 fully saturated rings. The molecule has 0 atom stereocenters. The first-order valence-corrected chi connectivity index (χ1v) is 5.85. The molecule has 0 aromatic heterocycles. The first-order chi connectivity index (χ1) is 7.70. The fraction of sp³-hybridized carbons (Fsp3) is 0.273. The Bertz CT molecular complexity index is 427. The van der Waals surface area contributed by atoms with Gasteiger partial charge in [0.05, 0.1) is 12.1 Å². The quantitative estimate of drug-likeness (QED) is 0.920. The lowest BCUT2D eigenvalue weighted by Gasteiger charge is -2.11. The van der Waals surface area contributed by atoms with Crippen LogP contribution >= 0.6 is 15.9 Å². The molecule has 4 nitrogen and oxygen atoms in total. The summed E-state index contributed by atoms with van der Waals surface area (Å²) in [5.74, 6) is 0.00534. The Morgan fingerprint density at radius 3 is 2.69 bits per heavy atom. The Kier molecular flexibility index (Phi) is 3.36. The molecule has 5 heteroatoms. The van der Waals surface area contributed by atoms with E-state index in [1.807, 2.05) is 24.3 Å². The predicted octanol–water partition coefficient (Wildman–Crippen LogP) is 1.89. The third-order valence-electron chi connectivity index (χ3n) is 2.34. The molecule has 1 heterocycles. The molecule has 2 rings (SSSR count). The van der Waals surface area contributed by atoms with Gasteiger partial charge in [-0.2, -0.15) is 5.10 Å². The van der Waals surface area contributed by atoms with Gasteiger partial charge in [0.25, 0.3) is 5.91 Å². The summed E-state index contributed by atoms with van der Waals surface area (Å²) < 4.78 is 0.981. The van der Waals surface area contributed by atoms with E-state index in [0.717, 1.165) is 15.9 Å². The number of anilines is 1. The highest BCUT2D eigenvalue weighted by molar-refractivity contribution is 9.10. The summed E-state index contributed by atoms with van der Waals surface area (Å²) in [6.45, 7) is 0.528. The standard InChI is InChI=1S/C11H12BrN3O/c12-8-1-3-10(4-2-8)15-11(16)7-9(14-15)5-6-13/h1-4H,5-7,13H2. The molecule has 0 aliphatic carbocycles. The Morgan fingerprint density at radius 2 is 2.06 bits per heavy atom. The molecule has 1 aliphatic heterocycles. The Balaban J connectivity index is 2.21. The number of hydrogen-bond acceptors (Lipinski definition) is 3. The average Bonchev–Trinajstić information content (AvgIpc) is 2.61. The first-order valence-electron chi connectivity index (χ1n) is 5.05. The van der Waals surface area contributed by atoms with Gasteiger partial charge in [-0.3, -0.25) is 4.79 Å². The summed E-state index contributed by atoms with van der Waals surface area (Å²) >= 11 is 3.35. The third-order valence-corrected chi connectivity index (χ3v) is 2.87. The summed E-state index contributed by atoms with van der Waals surface area (Å²) in [5, 5.41) is 5.71. The monoisotopic (exact) mass is 281 g/mol. The second-order valence-corrected chi connectivity index (χ2v) is 4.48. The maximum Gasteiger partial charge on any atom is 0.253 e. The van der Waals surface area contributed by atoms with Crippen LogP contribution in [0.2, 0.25) is 0 Å². The minimum Gasteiger partial charge on any atom is -0.330 e. The first kappa shape index (κ1) is 11.3. The zero-order valence-corrected chi connectivity index (χ0v) is 10.3. The van der Waals surface area contributed by atoms with Crippen LogP contribution in [0.3, 0.4) is 0 Å². The molecular formula is C11H12BrN3O. The smallest absolute Gasteiger partial charge is 0.253 e. The minimum absolute atomic E-state index is 0.00534. The molecule has 84 valence electrons. The van der Waals surface area contributed by atoms with E-state index in [2.05, 4.69) is 21.0 Å². The molecule has 1 aliphatic rings. The zero-order valence-electron chi connectivity index (χ0n) is 8.69. The lowest BCUT2D eigenvalue weighted by molar-refractivity contribution is -0.116. The van der Waals surface area contributed by atoms with Crippen molar-refractivity contribution < 1.29 is 4.79 Å². The van der Waals surface area contributed by atoms with E-state index in [-0.39, 0.29) is 5.91 Å². The largest absolute Gasteiger partial charge is 0.330 e. The number of hydrogen-bond donors (Lipinski definition) is 1. The van der Waals surface area contributed by atoms with Crippen molar-refractivity contribution in [2.24, 2.45) is 10.8 Å². The van der Waals surface area contributed by atoms with Crippen LogP contribution in [0.1, 0.15) is 12.8 Å². The number of nitrogens with two attached hydrogens (primary N) is 1. The number of nitrogens with zero attached hydrogens (tertiary/aromatic N) is 2.